The lowest BCUT2D eigenvalue weighted by molar-refractivity contribution is -0.548. The van der Waals surface area contributed by atoms with Crippen LogP contribution in [0, 0.1) is 25.4 Å². The molecule has 9 heteroatoms. The molecule has 0 saturated heterocycles. The predicted octanol–water partition coefficient (Wildman–Crippen LogP) is 1.84. The Hall–Kier alpha value is -3.36. The average Bonchev–Trinajstić information content (AvgIpc) is 2.46. The van der Waals surface area contributed by atoms with Gasteiger partial charge in [0.2, 0.25) is 11.0 Å². The molecule has 0 bridgehead atoms. The van der Waals surface area contributed by atoms with Gasteiger partial charge in [0.15, 0.2) is 0 Å². The Bertz CT molecular complexity index is 852. The number of non-ortho nitro benzene ring substituents is 2. The molecule has 1 heterocycles. The Morgan fingerprint density at radius 1 is 0.857 bits per heavy atom. The van der Waals surface area contributed by atoms with Crippen LogP contribution < -0.4 is 4.73 Å². The standard InChI is InChI=1S/C12H6N4O5/c17-14-11-5-7(15(18)19)1-3-9(11)13-10-4-2-8(16(20)21)6-12(10)14/h1-6H. The maximum atomic E-state index is 12.3. The number of benzene rings is 2. The highest BCUT2D eigenvalue weighted by molar-refractivity contribution is 5.83. The van der Waals surface area contributed by atoms with Crippen molar-refractivity contribution in [3.8, 4) is 0 Å². The summed E-state index contributed by atoms with van der Waals surface area (Å²) < 4.78 is 0.414. The third kappa shape index (κ3) is 1.96. The van der Waals surface area contributed by atoms with Crippen molar-refractivity contribution < 1.29 is 14.6 Å². The zero-order valence-electron chi connectivity index (χ0n) is 10.3. The molecule has 1 aromatic heterocycles. The van der Waals surface area contributed by atoms with Gasteiger partial charge in [0.25, 0.3) is 11.4 Å². The van der Waals surface area contributed by atoms with Crippen LogP contribution in [-0.2, 0) is 0 Å². The molecule has 21 heavy (non-hydrogen) atoms. The summed E-state index contributed by atoms with van der Waals surface area (Å²) in [6, 6.07) is 7.39. The van der Waals surface area contributed by atoms with Crippen LogP contribution in [0.25, 0.3) is 22.1 Å². The predicted molar refractivity (Wildman–Crippen MR) is 71.5 cm³/mol. The van der Waals surface area contributed by atoms with Crippen molar-refractivity contribution in [3.63, 3.8) is 0 Å². The van der Waals surface area contributed by atoms with E-state index in [-0.39, 0.29) is 33.4 Å². The van der Waals surface area contributed by atoms with E-state index in [0.717, 1.165) is 12.1 Å². The van der Waals surface area contributed by atoms with Crippen molar-refractivity contribution >= 4 is 33.4 Å². The van der Waals surface area contributed by atoms with Crippen LogP contribution in [0.5, 0.6) is 0 Å². The second kappa shape index (κ2) is 4.34. The van der Waals surface area contributed by atoms with Crippen LogP contribution in [0.4, 0.5) is 11.4 Å². The second-order valence-corrected chi connectivity index (χ2v) is 4.27. The number of hydrogen-bond donors (Lipinski definition) is 0. The first kappa shape index (κ1) is 12.7. The molecule has 0 atom stereocenters. The molecule has 0 saturated carbocycles. The van der Waals surface area contributed by atoms with Crippen molar-refractivity contribution in [2.75, 3.05) is 0 Å². The number of nitro groups is 2. The third-order valence-electron chi connectivity index (χ3n) is 3.02. The minimum absolute atomic E-state index is 0.0165. The number of aromatic nitrogens is 2. The van der Waals surface area contributed by atoms with Crippen LogP contribution >= 0.6 is 0 Å². The zero-order valence-corrected chi connectivity index (χ0v) is 10.3. The fourth-order valence-electron chi connectivity index (χ4n) is 2.02. The van der Waals surface area contributed by atoms with Gasteiger partial charge in [0.05, 0.1) is 22.0 Å². The van der Waals surface area contributed by atoms with Crippen molar-refractivity contribution in [1.29, 1.82) is 0 Å². The van der Waals surface area contributed by atoms with Gasteiger partial charge in [0.1, 0.15) is 11.0 Å². The van der Waals surface area contributed by atoms with Crippen molar-refractivity contribution in [1.82, 2.24) is 4.98 Å². The van der Waals surface area contributed by atoms with Crippen molar-refractivity contribution in [2.24, 2.45) is 0 Å². The van der Waals surface area contributed by atoms with E-state index >= 15 is 0 Å². The molecule has 0 radical (unpaired) electrons. The lowest BCUT2D eigenvalue weighted by Gasteiger charge is -2.05. The lowest BCUT2D eigenvalue weighted by Crippen LogP contribution is -2.28. The van der Waals surface area contributed by atoms with Gasteiger partial charge in [-0.25, -0.2) is 4.98 Å². The van der Waals surface area contributed by atoms with Gasteiger partial charge in [0, 0.05) is 12.1 Å². The fourth-order valence-corrected chi connectivity index (χ4v) is 2.02. The topological polar surface area (TPSA) is 126 Å². The van der Waals surface area contributed by atoms with Gasteiger partial charge in [-0.1, -0.05) is 0 Å². The zero-order chi connectivity index (χ0) is 15.1. The summed E-state index contributed by atoms with van der Waals surface area (Å²) in [5.74, 6) is 0. The summed E-state index contributed by atoms with van der Waals surface area (Å²) >= 11 is 0. The SMILES string of the molecule is O=[N+]([O-])c1ccc2nc3ccc([N+](=O)[O-])cc3[n+]([O-])c2c1. The molecule has 0 aliphatic carbocycles. The van der Waals surface area contributed by atoms with E-state index in [4.69, 9.17) is 0 Å². The smallest absolute Gasteiger partial charge is 0.276 e. The van der Waals surface area contributed by atoms with Gasteiger partial charge in [-0.2, -0.15) is 4.73 Å². The molecule has 104 valence electrons. The summed E-state index contributed by atoms with van der Waals surface area (Å²) in [4.78, 5) is 24.4. The van der Waals surface area contributed by atoms with Crippen molar-refractivity contribution in [2.45, 2.75) is 0 Å². The maximum absolute atomic E-state index is 12.3. The summed E-state index contributed by atoms with van der Waals surface area (Å²) in [6.07, 6.45) is 0. The van der Waals surface area contributed by atoms with Crippen LogP contribution in [0.1, 0.15) is 0 Å². The van der Waals surface area contributed by atoms with E-state index in [0.29, 0.717) is 4.73 Å². The monoisotopic (exact) mass is 286 g/mol. The molecular formula is C12H6N4O5. The molecule has 0 amide bonds. The van der Waals surface area contributed by atoms with E-state index in [9.17, 15) is 25.4 Å². The van der Waals surface area contributed by atoms with E-state index in [2.05, 4.69) is 4.98 Å². The Labute approximate surface area is 115 Å². The van der Waals surface area contributed by atoms with Gasteiger partial charge in [-0.3, -0.25) is 20.2 Å². The summed E-state index contributed by atoms with van der Waals surface area (Å²) in [5.41, 5.74) is 0.0145. The quantitative estimate of drug-likeness (QED) is 0.232. The Kier molecular flexibility index (Phi) is 2.61. The van der Waals surface area contributed by atoms with Gasteiger partial charge in [-0.15, -0.1) is 0 Å². The lowest BCUT2D eigenvalue weighted by atomic mass is 10.2. The average molecular weight is 286 g/mol. The minimum atomic E-state index is -0.628. The van der Waals surface area contributed by atoms with Crippen LogP contribution in [0.3, 0.4) is 0 Å². The highest BCUT2D eigenvalue weighted by Gasteiger charge is 2.18. The fraction of sp³-hybridized carbons (Fsp3) is 0. The van der Waals surface area contributed by atoms with Gasteiger partial charge < -0.3 is 5.21 Å². The molecule has 0 unspecified atom stereocenters. The van der Waals surface area contributed by atoms with Gasteiger partial charge >= 0.3 is 0 Å². The van der Waals surface area contributed by atoms with Crippen LogP contribution in [-0.4, -0.2) is 14.8 Å². The Morgan fingerprint density at radius 2 is 1.29 bits per heavy atom. The maximum Gasteiger partial charge on any atom is 0.276 e. The largest absolute Gasteiger partial charge is 0.618 e. The van der Waals surface area contributed by atoms with E-state index in [1.54, 1.807) is 0 Å². The number of nitrogens with zero attached hydrogens (tertiary/aromatic N) is 4. The molecule has 3 rings (SSSR count). The molecule has 9 nitrogen and oxygen atoms in total. The molecular weight excluding hydrogens is 280 g/mol. The number of nitro benzene ring substituents is 2. The van der Waals surface area contributed by atoms with Crippen LogP contribution in [0.2, 0.25) is 0 Å². The highest BCUT2D eigenvalue weighted by atomic mass is 16.6. The first-order valence-electron chi connectivity index (χ1n) is 5.73. The number of fused-ring (bicyclic) bond motifs is 2. The molecule has 2 aromatic carbocycles. The second-order valence-electron chi connectivity index (χ2n) is 4.27. The highest BCUT2D eigenvalue weighted by Crippen LogP contribution is 2.22. The van der Waals surface area contributed by atoms with E-state index in [1.807, 2.05) is 0 Å². The Morgan fingerprint density at radius 3 is 1.67 bits per heavy atom. The molecule has 0 spiro atoms. The Balaban J connectivity index is 2.39. The first-order chi connectivity index (χ1) is 9.97. The molecule has 0 fully saturated rings. The summed E-state index contributed by atoms with van der Waals surface area (Å²) in [6.45, 7) is 0. The van der Waals surface area contributed by atoms with Gasteiger partial charge in [-0.05, 0) is 12.1 Å². The molecule has 0 N–H and O–H groups in total. The first-order valence-corrected chi connectivity index (χ1v) is 5.73. The van der Waals surface area contributed by atoms with E-state index < -0.39 is 9.85 Å². The normalized spacial score (nSPS) is 10.9. The van der Waals surface area contributed by atoms with E-state index in [1.165, 1.54) is 24.3 Å². The number of rotatable bonds is 2. The third-order valence-corrected chi connectivity index (χ3v) is 3.02. The molecule has 0 aliphatic rings. The minimum Gasteiger partial charge on any atom is -0.618 e. The summed E-state index contributed by atoms with van der Waals surface area (Å²) in [5, 5.41) is 33.8. The van der Waals surface area contributed by atoms with Crippen LogP contribution in [0.15, 0.2) is 36.4 Å². The number of hydrogen-bond acceptors (Lipinski definition) is 6. The molecule has 3 aromatic rings. The van der Waals surface area contributed by atoms with Crippen molar-refractivity contribution in [3.05, 3.63) is 61.8 Å². The summed E-state index contributed by atoms with van der Waals surface area (Å²) in [7, 11) is 0. The molecule has 0 aliphatic heterocycles.